The van der Waals surface area contributed by atoms with Crippen LogP contribution in [0.25, 0.3) is 0 Å². The Balaban J connectivity index is 1.66. The van der Waals surface area contributed by atoms with E-state index in [1.165, 1.54) is 16.9 Å². The molecule has 5 heteroatoms. The third-order valence-electron chi connectivity index (χ3n) is 7.29. The molecule has 1 N–H and O–H groups in total. The molecule has 2 aliphatic carbocycles. The van der Waals surface area contributed by atoms with Gasteiger partial charge in [0, 0.05) is 18.0 Å². The molecule has 0 bridgehead atoms. The number of nitrogens with zero attached hydrogens (tertiary/aromatic N) is 1. The molecule has 32 heavy (non-hydrogen) atoms. The number of allylic oxidation sites excluding steroid dienone is 2. The summed E-state index contributed by atoms with van der Waals surface area (Å²) in [5.41, 5.74) is 2.37. The lowest BCUT2D eigenvalue weighted by molar-refractivity contribution is 0.0702. The summed E-state index contributed by atoms with van der Waals surface area (Å²) in [6, 6.07) is 2.40. The van der Waals surface area contributed by atoms with Crippen molar-refractivity contribution in [2.24, 2.45) is 17.3 Å². The summed E-state index contributed by atoms with van der Waals surface area (Å²) in [7, 11) is 0. The molecule has 2 heterocycles. The van der Waals surface area contributed by atoms with E-state index in [0.717, 1.165) is 62.2 Å². The summed E-state index contributed by atoms with van der Waals surface area (Å²) in [5.74, 6) is 6.82. The standard InChI is InChI=1S/C27H37NO3S/c1-18-6-7-20(19(2)14-18)16-28(21-8-12-27(13-9-21)17-31-27)23-15-22(10-11-26(3,4)5)32-24(23)25(29)30/h6,15,19-21H,7-9,12-14,16-17H2,1-5H3,(H,29,30)/t19-,20+,21?,27?/m0/s1. The van der Waals surface area contributed by atoms with Gasteiger partial charge >= 0.3 is 5.97 Å². The van der Waals surface area contributed by atoms with Gasteiger partial charge in [-0.05, 0) is 84.1 Å². The van der Waals surface area contributed by atoms with Crippen LogP contribution in [0.1, 0.15) is 87.7 Å². The lowest BCUT2D eigenvalue weighted by Crippen LogP contribution is -2.44. The molecule has 2 fully saturated rings. The highest BCUT2D eigenvalue weighted by molar-refractivity contribution is 7.15. The van der Waals surface area contributed by atoms with Crippen LogP contribution in [0, 0.1) is 29.1 Å². The first kappa shape index (κ1) is 23.4. The summed E-state index contributed by atoms with van der Waals surface area (Å²) in [6.07, 6.45) is 8.88. The number of hydrogen-bond acceptors (Lipinski definition) is 4. The minimum Gasteiger partial charge on any atom is -0.477 e. The van der Waals surface area contributed by atoms with Gasteiger partial charge in [-0.2, -0.15) is 0 Å². The summed E-state index contributed by atoms with van der Waals surface area (Å²) in [4.78, 5) is 16.0. The Bertz CT molecular complexity index is 944. The molecule has 4 nitrogen and oxygen atoms in total. The number of anilines is 1. The zero-order valence-corrected chi connectivity index (χ0v) is 21.0. The number of aromatic carboxylic acids is 1. The van der Waals surface area contributed by atoms with Gasteiger partial charge in [-0.15, -0.1) is 11.3 Å². The van der Waals surface area contributed by atoms with Crippen LogP contribution in [-0.2, 0) is 4.74 Å². The highest BCUT2D eigenvalue weighted by Gasteiger charge is 2.48. The van der Waals surface area contributed by atoms with Crippen molar-refractivity contribution in [1.29, 1.82) is 0 Å². The van der Waals surface area contributed by atoms with Crippen molar-refractivity contribution in [3.63, 3.8) is 0 Å². The van der Waals surface area contributed by atoms with Gasteiger partial charge in [0.25, 0.3) is 0 Å². The summed E-state index contributed by atoms with van der Waals surface area (Å²) >= 11 is 1.32. The third kappa shape index (κ3) is 5.41. The van der Waals surface area contributed by atoms with Crippen molar-refractivity contribution in [1.82, 2.24) is 0 Å². The number of rotatable bonds is 5. The number of carboxylic acids is 1. The Kier molecular flexibility index (Phi) is 6.49. The molecule has 1 aliphatic heterocycles. The Morgan fingerprint density at radius 3 is 2.59 bits per heavy atom. The molecular formula is C27H37NO3S. The van der Waals surface area contributed by atoms with Crippen molar-refractivity contribution < 1.29 is 14.6 Å². The zero-order valence-electron chi connectivity index (χ0n) is 20.2. The third-order valence-corrected chi connectivity index (χ3v) is 8.31. The van der Waals surface area contributed by atoms with E-state index in [2.05, 4.69) is 57.4 Å². The molecule has 1 saturated carbocycles. The maximum atomic E-state index is 12.2. The predicted octanol–water partition coefficient (Wildman–Crippen LogP) is 6.35. The lowest BCUT2D eigenvalue weighted by atomic mass is 9.79. The molecule has 3 aliphatic rings. The molecule has 0 amide bonds. The van der Waals surface area contributed by atoms with E-state index in [9.17, 15) is 9.90 Å². The molecule has 1 aromatic rings. The maximum absolute atomic E-state index is 12.2. The number of ether oxygens (including phenoxy) is 1. The van der Waals surface area contributed by atoms with Gasteiger partial charge < -0.3 is 14.7 Å². The minimum absolute atomic E-state index is 0.114. The number of carboxylic acid groups (broad SMARTS) is 1. The van der Waals surface area contributed by atoms with E-state index in [1.54, 1.807) is 0 Å². The monoisotopic (exact) mass is 455 g/mol. The zero-order chi connectivity index (χ0) is 23.1. The summed E-state index contributed by atoms with van der Waals surface area (Å²) < 4.78 is 5.74. The average molecular weight is 456 g/mol. The van der Waals surface area contributed by atoms with Crippen LogP contribution in [-0.4, -0.2) is 35.9 Å². The maximum Gasteiger partial charge on any atom is 0.348 e. The van der Waals surface area contributed by atoms with E-state index in [0.29, 0.717) is 22.8 Å². The topological polar surface area (TPSA) is 53.1 Å². The molecule has 0 unspecified atom stereocenters. The first-order chi connectivity index (χ1) is 15.1. The molecule has 1 spiro atoms. The number of thiophene rings is 1. The summed E-state index contributed by atoms with van der Waals surface area (Å²) in [6.45, 7) is 12.6. The van der Waals surface area contributed by atoms with Crippen LogP contribution in [0.4, 0.5) is 5.69 Å². The van der Waals surface area contributed by atoms with Gasteiger partial charge in [-0.3, -0.25) is 0 Å². The first-order valence-electron chi connectivity index (χ1n) is 12.0. The molecule has 174 valence electrons. The van der Waals surface area contributed by atoms with Gasteiger partial charge in [0.1, 0.15) is 4.88 Å². The van der Waals surface area contributed by atoms with Gasteiger partial charge in [0.15, 0.2) is 0 Å². The van der Waals surface area contributed by atoms with E-state index in [4.69, 9.17) is 4.74 Å². The van der Waals surface area contributed by atoms with Gasteiger partial charge in [-0.1, -0.05) is 30.4 Å². The van der Waals surface area contributed by atoms with Crippen LogP contribution in [0.2, 0.25) is 0 Å². The Hall–Kier alpha value is -1.77. The normalized spacial score (nSPS) is 29.8. The Morgan fingerprint density at radius 1 is 1.34 bits per heavy atom. The van der Waals surface area contributed by atoms with Crippen molar-refractivity contribution in [3.05, 3.63) is 27.5 Å². The second kappa shape index (κ2) is 8.88. The average Bonchev–Trinajstić information content (AvgIpc) is 3.32. The molecule has 0 radical (unpaired) electrons. The van der Waals surface area contributed by atoms with Crippen molar-refractivity contribution in [2.75, 3.05) is 18.1 Å². The fourth-order valence-corrected chi connectivity index (χ4v) is 6.04. The van der Waals surface area contributed by atoms with E-state index in [1.807, 2.05) is 6.07 Å². The van der Waals surface area contributed by atoms with Crippen molar-refractivity contribution in [3.8, 4) is 11.8 Å². The van der Waals surface area contributed by atoms with Crippen LogP contribution >= 0.6 is 11.3 Å². The minimum atomic E-state index is -0.843. The highest BCUT2D eigenvalue weighted by atomic mass is 32.1. The van der Waals surface area contributed by atoms with Gasteiger partial charge in [-0.25, -0.2) is 4.79 Å². The van der Waals surface area contributed by atoms with E-state index < -0.39 is 5.97 Å². The van der Waals surface area contributed by atoms with Crippen molar-refractivity contribution in [2.45, 2.75) is 84.8 Å². The smallest absolute Gasteiger partial charge is 0.348 e. The largest absolute Gasteiger partial charge is 0.477 e. The lowest BCUT2D eigenvalue weighted by Gasteiger charge is -2.41. The molecular weight excluding hydrogens is 418 g/mol. The fraction of sp³-hybridized carbons (Fsp3) is 0.667. The van der Waals surface area contributed by atoms with E-state index in [-0.39, 0.29) is 11.0 Å². The van der Waals surface area contributed by atoms with E-state index >= 15 is 0 Å². The number of epoxide rings is 1. The molecule has 1 aromatic heterocycles. The molecule has 1 saturated heterocycles. The number of hydrogen-bond donors (Lipinski definition) is 1. The first-order valence-corrected chi connectivity index (χ1v) is 12.8. The van der Waals surface area contributed by atoms with Crippen LogP contribution < -0.4 is 4.90 Å². The van der Waals surface area contributed by atoms with Crippen molar-refractivity contribution >= 4 is 23.0 Å². The molecule has 0 aromatic carbocycles. The second-order valence-corrected chi connectivity index (χ2v) is 12.3. The summed E-state index contributed by atoms with van der Waals surface area (Å²) in [5, 5.41) is 10.0. The van der Waals surface area contributed by atoms with Gasteiger partial charge in [0.05, 0.1) is 22.8 Å². The predicted molar refractivity (Wildman–Crippen MR) is 132 cm³/mol. The highest BCUT2D eigenvalue weighted by Crippen LogP contribution is 2.45. The van der Waals surface area contributed by atoms with Gasteiger partial charge in [0.2, 0.25) is 0 Å². The van der Waals surface area contributed by atoms with Crippen LogP contribution in [0.5, 0.6) is 0 Å². The number of carbonyl (C=O) groups is 1. The fourth-order valence-electron chi connectivity index (χ4n) is 5.18. The van der Waals surface area contributed by atoms with Crippen LogP contribution in [0.3, 0.4) is 0 Å². The molecule has 2 atom stereocenters. The SMILES string of the molecule is CC1=CC[C@H](CN(c2cc(C#CC(C)(C)C)sc2C(=O)O)C2CCC3(CC2)CO3)[C@@H](C)C1. The second-order valence-electron chi connectivity index (χ2n) is 11.2. The Labute approximate surface area is 197 Å². The Morgan fingerprint density at radius 2 is 2.03 bits per heavy atom. The quantitative estimate of drug-likeness (QED) is 0.319. The van der Waals surface area contributed by atoms with Crippen LogP contribution in [0.15, 0.2) is 17.7 Å². The molecule has 4 rings (SSSR count).